The van der Waals surface area contributed by atoms with Gasteiger partial charge in [-0.3, -0.25) is 0 Å². The highest BCUT2D eigenvalue weighted by atomic mass is 16.4. The molecule has 1 rings (SSSR count). The highest BCUT2D eigenvalue weighted by molar-refractivity contribution is 5.82. The molecule has 0 bridgehead atoms. The van der Waals surface area contributed by atoms with Gasteiger partial charge in [-0.1, -0.05) is 27.7 Å². The summed E-state index contributed by atoms with van der Waals surface area (Å²) in [4.78, 5) is 22.4. The monoisotopic (exact) mass is 242 g/mol. The Bertz CT molecular complexity index is 313. The third kappa shape index (κ3) is 3.91. The quantitative estimate of drug-likeness (QED) is 0.682. The lowest BCUT2D eigenvalue weighted by Crippen LogP contribution is -2.49. The van der Waals surface area contributed by atoms with Crippen LogP contribution in [0.5, 0.6) is 0 Å². The molecule has 5 heteroatoms. The first-order valence-electron chi connectivity index (χ1n) is 6.01. The molecular formula is C12H22N2O3. The standard InChI is InChI=1S/C12H22N2O3/c1-7(2)9(10(15)16)14-11(17)13-6-8-5-12(8,3)4/h7-9H,5-6H2,1-4H3,(H,15,16)(H2,13,14,17)/t8?,9-/m0/s1. The second-order valence-corrected chi connectivity index (χ2v) is 5.80. The van der Waals surface area contributed by atoms with Crippen LogP contribution in [0.15, 0.2) is 0 Å². The molecule has 1 unspecified atom stereocenters. The maximum atomic E-state index is 11.5. The molecule has 0 aromatic heterocycles. The zero-order valence-corrected chi connectivity index (χ0v) is 10.9. The average molecular weight is 242 g/mol. The molecule has 1 aliphatic carbocycles. The lowest BCUT2D eigenvalue weighted by atomic mass is 10.1. The van der Waals surface area contributed by atoms with E-state index in [1.165, 1.54) is 0 Å². The maximum Gasteiger partial charge on any atom is 0.326 e. The maximum absolute atomic E-state index is 11.5. The summed E-state index contributed by atoms with van der Waals surface area (Å²) in [5.74, 6) is -0.618. The van der Waals surface area contributed by atoms with Crippen LogP contribution in [0.3, 0.4) is 0 Å². The zero-order valence-electron chi connectivity index (χ0n) is 10.9. The summed E-state index contributed by atoms with van der Waals surface area (Å²) in [6, 6.07) is -1.23. The number of carboxylic acid groups (broad SMARTS) is 1. The Balaban J connectivity index is 2.31. The van der Waals surface area contributed by atoms with E-state index in [1.54, 1.807) is 13.8 Å². The fourth-order valence-electron chi connectivity index (χ4n) is 1.85. The predicted octanol–water partition coefficient (Wildman–Crippen LogP) is 1.44. The molecule has 0 heterocycles. The molecule has 1 fully saturated rings. The molecule has 3 N–H and O–H groups in total. The fourth-order valence-corrected chi connectivity index (χ4v) is 1.85. The number of rotatable bonds is 5. The smallest absolute Gasteiger partial charge is 0.326 e. The number of carboxylic acids is 1. The molecule has 0 aromatic rings. The van der Waals surface area contributed by atoms with Crippen molar-refractivity contribution in [3.05, 3.63) is 0 Å². The van der Waals surface area contributed by atoms with Crippen LogP contribution >= 0.6 is 0 Å². The van der Waals surface area contributed by atoms with Crippen molar-refractivity contribution in [2.24, 2.45) is 17.3 Å². The van der Waals surface area contributed by atoms with Crippen molar-refractivity contribution in [3.63, 3.8) is 0 Å². The Kier molecular flexibility index (Phi) is 4.01. The van der Waals surface area contributed by atoms with Crippen molar-refractivity contribution in [1.82, 2.24) is 10.6 Å². The van der Waals surface area contributed by atoms with Crippen LogP contribution in [0, 0.1) is 17.3 Å². The van der Waals surface area contributed by atoms with Crippen LogP contribution in [-0.4, -0.2) is 29.7 Å². The van der Waals surface area contributed by atoms with Crippen molar-refractivity contribution in [2.45, 2.75) is 40.2 Å². The Morgan fingerprint density at radius 3 is 2.29 bits per heavy atom. The molecule has 0 radical (unpaired) electrons. The van der Waals surface area contributed by atoms with Gasteiger partial charge in [-0.2, -0.15) is 0 Å². The lowest BCUT2D eigenvalue weighted by Gasteiger charge is -2.18. The van der Waals surface area contributed by atoms with Gasteiger partial charge in [0.15, 0.2) is 0 Å². The highest BCUT2D eigenvalue weighted by Crippen LogP contribution is 2.50. The summed E-state index contributed by atoms with van der Waals surface area (Å²) in [6.45, 7) is 8.46. The van der Waals surface area contributed by atoms with Gasteiger partial charge < -0.3 is 15.7 Å². The van der Waals surface area contributed by atoms with Gasteiger partial charge in [0.2, 0.25) is 0 Å². The van der Waals surface area contributed by atoms with Gasteiger partial charge >= 0.3 is 12.0 Å². The number of nitrogens with one attached hydrogen (secondary N) is 2. The van der Waals surface area contributed by atoms with E-state index in [2.05, 4.69) is 24.5 Å². The Morgan fingerprint density at radius 1 is 1.41 bits per heavy atom. The first-order valence-corrected chi connectivity index (χ1v) is 6.01. The normalized spacial score (nSPS) is 23.0. The molecule has 2 amide bonds. The molecule has 98 valence electrons. The van der Waals surface area contributed by atoms with Crippen LogP contribution < -0.4 is 10.6 Å². The Morgan fingerprint density at radius 2 is 1.94 bits per heavy atom. The number of carbonyl (C=O) groups is 2. The Labute approximate surface area is 102 Å². The third-order valence-corrected chi connectivity index (χ3v) is 3.45. The van der Waals surface area contributed by atoms with Crippen molar-refractivity contribution < 1.29 is 14.7 Å². The van der Waals surface area contributed by atoms with Crippen LogP contribution in [0.25, 0.3) is 0 Å². The molecule has 0 saturated heterocycles. The van der Waals surface area contributed by atoms with Gasteiger partial charge in [0, 0.05) is 6.54 Å². The number of aliphatic carboxylic acids is 1. The van der Waals surface area contributed by atoms with E-state index >= 15 is 0 Å². The van der Waals surface area contributed by atoms with Crippen molar-refractivity contribution in [3.8, 4) is 0 Å². The van der Waals surface area contributed by atoms with E-state index in [9.17, 15) is 9.59 Å². The summed E-state index contributed by atoms with van der Waals surface area (Å²) >= 11 is 0. The first kappa shape index (κ1) is 13.8. The molecule has 2 atom stereocenters. The minimum atomic E-state index is -0.998. The van der Waals surface area contributed by atoms with Gasteiger partial charge in [0.05, 0.1) is 0 Å². The molecule has 0 aromatic carbocycles. The van der Waals surface area contributed by atoms with Gasteiger partial charge in [0.25, 0.3) is 0 Å². The van der Waals surface area contributed by atoms with Crippen LogP contribution in [0.2, 0.25) is 0 Å². The SMILES string of the molecule is CC(C)[C@H](NC(=O)NCC1CC1(C)C)C(=O)O. The zero-order chi connectivity index (χ0) is 13.2. The number of carbonyl (C=O) groups excluding carboxylic acids is 1. The van der Waals surface area contributed by atoms with E-state index < -0.39 is 18.0 Å². The lowest BCUT2D eigenvalue weighted by molar-refractivity contribution is -0.140. The number of hydrogen-bond acceptors (Lipinski definition) is 2. The number of hydrogen-bond donors (Lipinski definition) is 3. The second-order valence-electron chi connectivity index (χ2n) is 5.80. The van der Waals surface area contributed by atoms with Crippen LogP contribution in [-0.2, 0) is 4.79 Å². The van der Waals surface area contributed by atoms with E-state index in [-0.39, 0.29) is 5.92 Å². The van der Waals surface area contributed by atoms with E-state index in [4.69, 9.17) is 5.11 Å². The van der Waals surface area contributed by atoms with Crippen LogP contribution in [0.1, 0.15) is 34.1 Å². The largest absolute Gasteiger partial charge is 0.480 e. The fraction of sp³-hybridized carbons (Fsp3) is 0.833. The molecule has 0 spiro atoms. The highest BCUT2D eigenvalue weighted by Gasteiger charge is 2.45. The second kappa shape index (κ2) is 4.94. The van der Waals surface area contributed by atoms with Crippen molar-refractivity contribution >= 4 is 12.0 Å². The molecular weight excluding hydrogens is 220 g/mol. The van der Waals surface area contributed by atoms with Crippen molar-refractivity contribution in [1.29, 1.82) is 0 Å². The molecule has 17 heavy (non-hydrogen) atoms. The topological polar surface area (TPSA) is 78.4 Å². The minimum absolute atomic E-state index is 0.129. The molecule has 5 nitrogen and oxygen atoms in total. The summed E-state index contributed by atoms with van der Waals surface area (Å²) < 4.78 is 0. The Hall–Kier alpha value is -1.26. The van der Waals surface area contributed by atoms with Crippen molar-refractivity contribution in [2.75, 3.05) is 6.54 Å². The van der Waals surface area contributed by atoms with E-state index in [0.717, 1.165) is 6.42 Å². The molecule has 1 saturated carbocycles. The summed E-state index contributed by atoms with van der Waals surface area (Å²) in [5, 5.41) is 14.1. The minimum Gasteiger partial charge on any atom is -0.480 e. The number of amides is 2. The van der Waals surface area contributed by atoms with Gasteiger partial charge in [-0.25, -0.2) is 9.59 Å². The average Bonchev–Trinajstić information content (AvgIpc) is 2.79. The summed E-state index contributed by atoms with van der Waals surface area (Å²) in [7, 11) is 0. The first-order chi connectivity index (χ1) is 7.74. The predicted molar refractivity (Wildman–Crippen MR) is 64.7 cm³/mol. The van der Waals surface area contributed by atoms with Crippen LogP contribution in [0.4, 0.5) is 4.79 Å². The van der Waals surface area contributed by atoms with Gasteiger partial charge in [0.1, 0.15) is 6.04 Å². The van der Waals surface area contributed by atoms with E-state index in [1.807, 2.05) is 0 Å². The molecule has 0 aliphatic heterocycles. The summed E-state index contributed by atoms with van der Waals surface area (Å²) in [6.07, 6.45) is 1.11. The van der Waals surface area contributed by atoms with Gasteiger partial charge in [-0.05, 0) is 23.7 Å². The number of urea groups is 1. The summed E-state index contributed by atoms with van der Waals surface area (Å²) in [5.41, 5.74) is 0.317. The third-order valence-electron chi connectivity index (χ3n) is 3.45. The molecule has 1 aliphatic rings. The van der Waals surface area contributed by atoms with Gasteiger partial charge in [-0.15, -0.1) is 0 Å². The van der Waals surface area contributed by atoms with E-state index in [0.29, 0.717) is 17.9 Å².